The van der Waals surface area contributed by atoms with Crippen molar-refractivity contribution < 1.29 is 9.84 Å². The minimum absolute atomic E-state index is 0.147. The maximum absolute atomic E-state index is 8.99. The van der Waals surface area contributed by atoms with Gasteiger partial charge in [0.1, 0.15) is 12.4 Å². The summed E-state index contributed by atoms with van der Waals surface area (Å²) in [5.41, 5.74) is 3.30. The molecule has 0 aromatic heterocycles. The molecule has 4 heteroatoms. The molecule has 2 rings (SSSR count). The lowest BCUT2D eigenvalue weighted by atomic mass is 10.1. The molecule has 2 aromatic rings. The summed E-state index contributed by atoms with van der Waals surface area (Å²) in [5.74, 6) is 3.23. The highest BCUT2D eigenvalue weighted by Gasteiger charge is 2.06. The zero-order valence-corrected chi connectivity index (χ0v) is 14.2. The average molecular weight is 324 g/mol. The van der Waals surface area contributed by atoms with Gasteiger partial charge in [-0.1, -0.05) is 18.1 Å². The van der Waals surface area contributed by atoms with Crippen LogP contribution in [0.15, 0.2) is 48.5 Å². The molecule has 0 aliphatic heterocycles. The van der Waals surface area contributed by atoms with E-state index in [2.05, 4.69) is 18.2 Å². The normalized spacial score (nSPS) is 11.4. The molecule has 1 unspecified atom stereocenters. The molecule has 126 valence electrons. The molecule has 0 bridgehead atoms. The van der Waals surface area contributed by atoms with Gasteiger partial charge in [-0.15, -0.1) is 6.42 Å². The van der Waals surface area contributed by atoms with Crippen molar-refractivity contribution in [1.29, 1.82) is 0 Å². The third kappa shape index (κ3) is 4.94. The number of likely N-dealkylation sites (N-methyl/N-ethyl adjacent to an activating group) is 1. The van der Waals surface area contributed by atoms with E-state index in [1.807, 2.05) is 60.5 Å². The minimum atomic E-state index is 0.147. The maximum atomic E-state index is 8.99. The van der Waals surface area contributed by atoms with Gasteiger partial charge in [0.2, 0.25) is 0 Å². The highest BCUT2D eigenvalue weighted by molar-refractivity contribution is 5.55. The van der Waals surface area contributed by atoms with E-state index in [1.165, 1.54) is 5.56 Å². The molecule has 0 heterocycles. The van der Waals surface area contributed by atoms with Gasteiger partial charge in [-0.25, -0.2) is 0 Å². The molecule has 0 spiro atoms. The first-order valence-corrected chi connectivity index (χ1v) is 7.99. The standard InChI is InChI=1S/C20H24N2O2/c1-4-15-24-20-11-5-17(6-12-20)16(2)21-18-7-9-19(10-8-18)22(3)13-14-23/h1,5-12,16,21,23H,13-15H2,2-3H3. The van der Waals surface area contributed by atoms with Crippen LogP contribution in [0.25, 0.3) is 0 Å². The van der Waals surface area contributed by atoms with E-state index < -0.39 is 0 Å². The predicted octanol–water partition coefficient (Wildman–Crippen LogP) is 3.30. The fourth-order valence-corrected chi connectivity index (χ4v) is 2.40. The van der Waals surface area contributed by atoms with Crippen molar-refractivity contribution in [3.8, 4) is 18.1 Å². The monoisotopic (exact) mass is 324 g/mol. The fraction of sp³-hybridized carbons (Fsp3) is 0.300. The van der Waals surface area contributed by atoms with E-state index in [1.54, 1.807) is 0 Å². The Morgan fingerprint density at radius 3 is 2.42 bits per heavy atom. The van der Waals surface area contributed by atoms with Gasteiger partial charge in [0.05, 0.1) is 6.61 Å². The molecule has 4 nitrogen and oxygen atoms in total. The van der Waals surface area contributed by atoms with E-state index in [9.17, 15) is 0 Å². The molecule has 0 aliphatic carbocycles. The highest BCUT2D eigenvalue weighted by atomic mass is 16.5. The maximum Gasteiger partial charge on any atom is 0.148 e. The minimum Gasteiger partial charge on any atom is -0.481 e. The van der Waals surface area contributed by atoms with Gasteiger partial charge in [0.15, 0.2) is 0 Å². The van der Waals surface area contributed by atoms with Gasteiger partial charge in [-0.2, -0.15) is 0 Å². The number of terminal acetylenes is 1. The van der Waals surface area contributed by atoms with Crippen LogP contribution in [0.1, 0.15) is 18.5 Å². The molecule has 0 fully saturated rings. The van der Waals surface area contributed by atoms with Crippen LogP contribution in [-0.4, -0.2) is 31.9 Å². The molecular weight excluding hydrogens is 300 g/mol. The fourth-order valence-electron chi connectivity index (χ4n) is 2.40. The van der Waals surface area contributed by atoms with Crippen LogP contribution in [0, 0.1) is 12.3 Å². The second kappa shape index (κ2) is 8.85. The molecule has 0 saturated heterocycles. The van der Waals surface area contributed by atoms with Crippen molar-refractivity contribution in [1.82, 2.24) is 0 Å². The smallest absolute Gasteiger partial charge is 0.148 e. The van der Waals surface area contributed by atoms with Crippen LogP contribution in [0.3, 0.4) is 0 Å². The Labute approximate surface area is 144 Å². The Hall–Kier alpha value is -2.64. The number of nitrogens with zero attached hydrogens (tertiary/aromatic N) is 1. The summed E-state index contributed by atoms with van der Waals surface area (Å²) in [4.78, 5) is 2.02. The van der Waals surface area contributed by atoms with Crippen molar-refractivity contribution in [2.75, 3.05) is 37.0 Å². The van der Waals surface area contributed by atoms with Crippen molar-refractivity contribution in [3.05, 3.63) is 54.1 Å². The molecule has 24 heavy (non-hydrogen) atoms. The van der Waals surface area contributed by atoms with Crippen LogP contribution in [-0.2, 0) is 0 Å². The number of aliphatic hydroxyl groups excluding tert-OH is 1. The number of anilines is 2. The van der Waals surface area contributed by atoms with Crippen molar-refractivity contribution in [3.63, 3.8) is 0 Å². The number of hydrogen-bond donors (Lipinski definition) is 2. The number of nitrogens with one attached hydrogen (secondary N) is 1. The zero-order chi connectivity index (χ0) is 17.4. The Kier molecular flexibility index (Phi) is 6.53. The average Bonchev–Trinajstić information content (AvgIpc) is 2.61. The first-order valence-electron chi connectivity index (χ1n) is 7.99. The molecular formula is C20H24N2O2. The summed E-state index contributed by atoms with van der Waals surface area (Å²) in [6, 6.07) is 16.3. The van der Waals surface area contributed by atoms with Crippen molar-refractivity contribution in [2.45, 2.75) is 13.0 Å². The van der Waals surface area contributed by atoms with Gasteiger partial charge in [0.25, 0.3) is 0 Å². The number of rotatable bonds is 8. The molecule has 1 atom stereocenters. The largest absolute Gasteiger partial charge is 0.481 e. The van der Waals surface area contributed by atoms with Crippen LogP contribution in [0.5, 0.6) is 5.75 Å². The molecule has 0 aliphatic rings. The van der Waals surface area contributed by atoms with Crippen LogP contribution < -0.4 is 15.0 Å². The lowest BCUT2D eigenvalue weighted by molar-refractivity contribution is 0.304. The molecule has 2 aromatic carbocycles. The van der Waals surface area contributed by atoms with Gasteiger partial charge in [-0.05, 0) is 48.9 Å². The van der Waals surface area contributed by atoms with Gasteiger partial charge in [0, 0.05) is 31.0 Å². The van der Waals surface area contributed by atoms with E-state index in [0.29, 0.717) is 6.54 Å². The first-order chi connectivity index (χ1) is 11.6. The summed E-state index contributed by atoms with van der Waals surface area (Å²) in [7, 11) is 1.96. The van der Waals surface area contributed by atoms with Crippen molar-refractivity contribution >= 4 is 11.4 Å². The second-order valence-electron chi connectivity index (χ2n) is 5.62. The van der Waals surface area contributed by atoms with Gasteiger partial charge >= 0.3 is 0 Å². The summed E-state index contributed by atoms with van der Waals surface area (Å²) >= 11 is 0. The summed E-state index contributed by atoms with van der Waals surface area (Å²) in [6.07, 6.45) is 5.19. The molecule has 0 saturated carbocycles. The van der Waals surface area contributed by atoms with Crippen LogP contribution >= 0.6 is 0 Å². The summed E-state index contributed by atoms with van der Waals surface area (Å²) in [6.45, 7) is 3.17. The lowest BCUT2D eigenvalue weighted by Gasteiger charge is -2.20. The van der Waals surface area contributed by atoms with E-state index >= 15 is 0 Å². The Morgan fingerprint density at radius 1 is 1.17 bits per heavy atom. The van der Waals surface area contributed by atoms with E-state index in [-0.39, 0.29) is 19.3 Å². The first kappa shape index (κ1) is 17.7. The second-order valence-corrected chi connectivity index (χ2v) is 5.62. The van der Waals surface area contributed by atoms with Gasteiger partial charge in [-0.3, -0.25) is 0 Å². The number of aliphatic hydroxyl groups is 1. The van der Waals surface area contributed by atoms with Crippen molar-refractivity contribution in [2.24, 2.45) is 0 Å². The number of ether oxygens (including phenoxy) is 1. The summed E-state index contributed by atoms with van der Waals surface area (Å²) in [5, 5.41) is 12.5. The predicted molar refractivity (Wildman–Crippen MR) is 99.6 cm³/mol. The van der Waals surface area contributed by atoms with E-state index in [0.717, 1.165) is 17.1 Å². The van der Waals surface area contributed by atoms with Crippen LogP contribution in [0.4, 0.5) is 11.4 Å². The zero-order valence-electron chi connectivity index (χ0n) is 14.2. The Morgan fingerprint density at radius 2 is 1.83 bits per heavy atom. The SMILES string of the molecule is C#CCOc1ccc(C(C)Nc2ccc(N(C)CCO)cc2)cc1. The third-order valence-electron chi connectivity index (χ3n) is 3.83. The number of hydrogen-bond acceptors (Lipinski definition) is 4. The lowest BCUT2D eigenvalue weighted by Crippen LogP contribution is -2.20. The van der Waals surface area contributed by atoms with Gasteiger partial charge < -0.3 is 20.1 Å². The quantitative estimate of drug-likeness (QED) is 0.731. The molecule has 0 amide bonds. The Balaban J connectivity index is 1.96. The Bertz CT molecular complexity index is 660. The summed E-state index contributed by atoms with van der Waals surface area (Å²) < 4.78 is 5.38. The highest BCUT2D eigenvalue weighted by Crippen LogP contribution is 2.23. The molecule has 0 radical (unpaired) electrons. The third-order valence-corrected chi connectivity index (χ3v) is 3.83. The van der Waals surface area contributed by atoms with E-state index in [4.69, 9.17) is 16.3 Å². The topological polar surface area (TPSA) is 44.7 Å². The number of benzene rings is 2. The molecule has 2 N–H and O–H groups in total. The van der Waals surface area contributed by atoms with Crippen LogP contribution in [0.2, 0.25) is 0 Å².